The minimum atomic E-state index is 0. The second kappa shape index (κ2) is 8.21. The van der Waals surface area contributed by atoms with E-state index in [0.717, 1.165) is 31.7 Å². The fourth-order valence-electron chi connectivity index (χ4n) is 3.76. The highest BCUT2D eigenvalue weighted by Gasteiger charge is 2.53. The van der Waals surface area contributed by atoms with Crippen LogP contribution in [-0.4, -0.2) is 32.1 Å². The highest BCUT2D eigenvalue weighted by atomic mass is 35.5. The Morgan fingerprint density at radius 3 is 2.75 bits per heavy atom. The van der Waals surface area contributed by atoms with Gasteiger partial charge in [0.15, 0.2) is 0 Å². The zero-order chi connectivity index (χ0) is 16.3. The Bertz CT molecular complexity index is 560. The second-order valence-corrected chi connectivity index (χ2v) is 7.17. The van der Waals surface area contributed by atoms with Crippen LogP contribution in [0, 0.1) is 5.92 Å². The van der Waals surface area contributed by atoms with Crippen molar-refractivity contribution in [3.63, 3.8) is 0 Å². The molecule has 4 nitrogen and oxygen atoms in total. The van der Waals surface area contributed by atoms with Crippen LogP contribution in [0.1, 0.15) is 44.6 Å². The molecule has 1 aromatic carbocycles. The zero-order valence-corrected chi connectivity index (χ0v) is 15.5. The molecule has 3 rings (SSSR count). The van der Waals surface area contributed by atoms with Gasteiger partial charge in [-0.1, -0.05) is 25.1 Å². The molecule has 134 valence electrons. The van der Waals surface area contributed by atoms with E-state index in [1.807, 2.05) is 18.2 Å². The van der Waals surface area contributed by atoms with Gasteiger partial charge >= 0.3 is 0 Å². The Kier molecular flexibility index (Phi) is 6.53. The van der Waals surface area contributed by atoms with E-state index in [0.29, 0.717) is 12.3 Å². The summed E-state index contributed by atoms with van der Waals surface area (Å²) in [5.74, 6) is 1.83. The molecule has 1 amide bonds. The summed E-state index contributed by atoms with van der Waals surface area (Å²) in [4.78, 5) is 12.3. The number of piperidine rings is 1. The van der Waals surface area contributed by atoms with Crippen molar-refractivity contribution in [3.05, 3.63) is 29.8 Å². The molecule has 2 atom stereocenters. The molecule has 1 aliphatic carbocycles. The van der Waals surface area contributed by atoms with Crippen LogP contribution in [0.4, 0.5) is 0 Å². The van der Waals surface area contributed by atoms with E-state index in [2.05, 4.69) is 23.6 Å². The summed E-state index contributed by atoms with van der Waals surface area (Å²) in [6.07, 6.45) is 5.08. The molecule has 1 aliphatic heterocycles. The number of amides is 1. The van der Waals surface area contributed by atoms with E-state index in [9.17, 15) is 4.79 Å². The lowest BCUT2D eigenvalue weighted by Crippen LogP contribution is -2.32. The average molecular weight is 353 g/mol. The van der Waals surface area contributed by atoms with Crippen LogP contribution >= 0.6 is 12.4 Å². The molecule has 0 bridgehead atoms. The number of methoxy groups -OCH3 is 1. The number of rotatable bonds is 6. The lowest BCUT2D eigenvalue weighted by molar-refractivity contribution is -0.121. The quantitative estimate of drug-likeness (QED) is 0.827. The van der Waals surface area contributed by atoms with Crippen molar-refractivity contribution in [2.45, 2.75) is 50.5 Å². The molecule has 2 N–H and O–H groups in total. The van der Waals surface area contributed by atoms with Crippen LogP contribution in [-0.2, 0) is 10.2 Å². The summed E-state index contributed by atoms with van der Waals surface area (Å²) >= 11 is 0. The fraction of sp³-hybridized carbons (Fsp3) is 0.632. The molecule has 5 heteroatoms. The molecular formula is C19H29ClN2O2. The number of hydrogen-bond acceptors (Lipinski definition) is 3. The van der Waals surface area contributed by atoms with Crippen molar-refractivity contribution in [1.29, 1.82) is 0 Å². The third kappa shape index (κ3) is 4.22. The van der Waals surface area contributed by atoms with E-state index in [1.54, 1.807) is 7.11 Å². The first kappa shape index (κ1) is 19.1. The van der Waals surface area contributed by atoms with E-state index in [1.165, 1.54) is 18.4 Å². The third-order valence-corrected chi connectivity index (χ3v) is 5.53. The van der Waals surface area contributed by atoms with Gasteiger partial charge in [0.2, 0.25) is 5.91 Å². The molecule has 24 heavy (non-hydrogen) atoms. The van der Waals surface area contributed by atoms with Crippen LogP contribution in [0.15, 0.2) is 24.3 Å². The summed E-state index contributed by atoms with van der Waals surface area (Å²) in [6, 6.07) is 8.37. The molecular weight excluding hydrogens is 324 g/mol. The normalized spacial score (nSPS) is 26.3. The minimum absolute atomic E-state index is 0. The summed E-state index contributed by atoms with van der Waals surface area (Å²) in [5, 5.41) is 6.60. The van der Waals surface area contributed by atoms with Crippen LogP contribution in [0.25, 0.3) is 0 Å². The minimum Gasteiger partial charge on any atom is -0.496 e. The Hall–Kier alpha value is -1.26. The van der Waals surface area contributed by atoms with Crippen molar-refractivity contribution >= 4 is 18.3 Å². The zero-order valence-electron chi connectivity index (χ0n) is 14.6. The van der Waals surface area contributed by atoms with Gasteiger partial charge in [-0.15, -0.1) is 12.4 Å². The first-order valence-corrected chi connectivity index (χ1v) is 8.77. The molecule has 1 saturated carbocycles. The van der Waals surface area contributed by atoms with E-state index < -0.39 is 0 Å². The van der Waals surface area contributed by atoms with Gasteiger partial charge in [0.05, 0.1) is 7.11 Å². The Morgan fingerprint density at radius 1 is 1.33 bits per heavy atom. The van der Waals surface area contributed by atoms with E-state index in [-0.39, 0.29) is 29.8 Å². The summed E-state index contributed by atoms with van der Waals surface area (Å²) in [5.41, 5.74) is 1.21. The van der Waals surface area contributed by atoms with Gasteiger partial charge in [0.1, 0.15) is 5.75 Å². The largest absolute Gasteiger partial charge is 0.496 e. The van der Waals surface area contributed by atoms with Gasteiger partial charge in [-0.2, -0.15) is 0 Å². The fourth-order valence-corrected chi connectivity index (χ4v) is 3.76. The number of nitrogens with one attached hydrogen (secondary N) is 2. The van der Waals surface area contributed by atoms with Gasteiger partial charge in [0.25, 0.3) is 0 Å². The van der Waals surface area contributed by atoms with Gasteiger partial charge in [0, 0.05) is 23.4 Å². The van der Waals surface area contributed by atoms with E-state index in [4.69, 9.17) is 4.74 Å². The monoisotopic (exact) mass is 352 g/mol. The molecule has 0 aromatic heterocycles. The summed E-state index contributed by atoms with van der Waals surface area (Å²) in [6.45, 7) is 4.41. The molecule has 0 spiro atoms. The maximum Gasteiger partial charge on any atom is 0.220 e. The number of benzene rings is 1. The number of halogens is 1. The predicted molar refractivity (Wildman–Crippen MR) is 99.0 cm³/mol. The van der Waals surface area contributed by atoms with Crippen molar-refractivity contribution in [2.75, 3.05) is 20.2 Å². The maximum absolute atomic E-state index is 12.3. The number of ether oxygens (including phenoxy) is 1. The smallest absolute Gasteiger partial charge is 0.220 e. The van der Waals surface area contributed by atoms with Crippen LogP contribution in [0.3, 0.4) is 0 Å². The molecule has 0 radical (unpaired) electrons. The highest BCUT2D eigenvalue weighted by molar-refractivity contribution is 5.85. The number of hydrogen-bond donors (Lipinski definition) is 2. The molecule has 1 heterocycles. The van der Waals surface area contributed by atoms with Gasteiger partial charge in [-0.25, -0.2) is 0 Å². The van der Waals surface area contributed by atoms with Crippen molar-refractivity contribution in [1.82, 2.24) is 10.6 Å². The van der Waals surface area contributed by atoms with Crippen molar-refractivity contribution in [3.8, 4) is 5.75 Å². The van der Waals surface area contributed by atoms with Crippen molar-refractivity contribution in [2.24, 2.45) is 5.92 Å². The van der Waals surface area contributed by atoms with Gasteiger partial charge in [-0.3, -0.25) is 4.79 Å². The SMILES string of the molecule is COc1ccccc1C1(C)CC1NC(=O)CCC1CCNCC1.Cl. The first-order valence-electron chi connectivity index (χ1n) is 8.77. The number of carbonyl (C=O) groups is 1. The molecule has 2 aliphatic rings. The number of carbonyl (C=O) groups excluding carboxylic acids is 1. The van der Waals surface area contributed by atoms with Gasteiger partial charge < -0.3 is 15.4 Å². The Morgan fingerprint density at radius 2 is 2.04 bits per heavy atom. The molecule has 1 aromatic rings. The van der Waals surface area contributed by atoms with Gasteiger partial charge in [-0.05, 0) is 50.8 Å². The predicted octanol–water partition coefficient (Wildman–Crippen LogP) is 3.04. The Labute approximate surface area is 151 Å². The molecule has 1 saturated heterocycles. The average Bonchev–Trinajstić information content (AvgIpc) is 3.24. The summed E-state index contributed by atoms with van der Waals surface area (Å²) < 4.78 is 5.47. The summed E-state index contributed by atoms with van der Waals surface area (Å²) in [7, 11) is 1.71. The molecule has 2 unspecified atom stereocenters. The van der Waals surface area contributed by atoms with E-state index >= 15 is 0 Å². The second-order valence-electron chi connectivity index (χ2n) is 7.17. The lowest BCUT2D eigenvalue weighted by Gasteiger charge is -2.22. The third-order valence-electron chi connectivity index (χ3n) is 5.53. The van der Waals surface area contributed by atoms with Crippen LogP contribution in [0.5, 0.6) is 5.75 Å². The number of para-hydroxylation sites is 1. The van der Waals surface area contributed by atoms with Crippen molar-refractivity contribution < 1.29 is 9.53 Å². The maximum atomic E-state index is 12.3. The molecule has 2 fully saturated rings. The first-order chi connectivity index (χ1) is 11.1. The standard InChI is InChI=1S/C19H28N2O2.ClH/c1-19(15-5-3-4-6-16(15)23-2)13-17(19)21-18(22)8-7-14-9-11-20-12-10-14;/h3-6,14,17,20H,7-13H2,1-2H3,(H,21,22);1H. The highest BCUT2D eigenvalue weighted by Crippen LogP contribution is 2.51. The topological polar surface area (TPSA) is 50.4 Å². The van der Waals surface area contributed by atoms with Crippen LogP contribution in [0.2, 0.25) is 0 Å². The van der Waals surface area contributed by atoms with Crippen LogP contribution < -0.4 is 15.4 Å². The lowest BCUT2D eigenvalue weighted by atomic mass is 9.93. The Balaban J connectivity index is 0.00000208.